The van der Waals surface area contributed by atoms with Crippen LogP contribution in [0.1, 0.15) is 70.2 Å². The van der Waals surface area contributed by atoms with Gasteiger partial charge < -0.3 is 39.4 Å². The Hall–Kier alpha value is -7.10. The Balaban J connectivity index is 0.865. The molecule has 0 aliphatic carbocycles. The van der Waals surface area contributed by atoms with Crippen molar-refractivity contribution in [3.8, 4) is 22.9 Å². The maximum absolute atomic E-state index is 13.1. The lowest BCUT2D eigenvalue weighted by molar-refractivity contribution is -0.438. The first kappa shape index (κ1) is 61.5. The van der Waals surface area contributed by atoms with Crippen molar-refractivity contribution in [2.24, 2.45) is 0 Å². The molecule has 3 aromatic carbocycles. The number of unbranched alkanes of at least 4 members (excludes halogenated alkanes) is 1. The molecule has 0 saturated carbocycles. The number of hydrogen-bond donors (Lipinski definition) is 5. The maximum Gasteiger partial charge on any atom is 0.294 e. The quantitative estimate of drug-likeness (QED) is 0.0167. The molecule has 0 saturated heterocycles. The van der Waals surface area contributed by atoms with Gasteiger partial charge in [0.2, 0.25) is 23.4 Å². The number of methoxy groups -OCH3 is 1. The number of amides is 2. The number of fused-ring (bicyclic) bond motifs is 3. The highest BCUT2D eigenvalue weighted by atomic mass is 32.2. The number of rotatable bonds is 28. The molecular weight excluding hydrogens is 1110 g/mol. The molecule has 0 atom stereocenters. The van der Waals surface area contributed by atoms with E-state index in [-0.39, 0.29) is 99.2 Å². The minimum atomic E-state index is -4.52. The van der Waals surface area contributed by atoms with E-state index in [2.05, 4.69) is 20.6 Å². The first-order valence-corrected chi connectivity index (χ1v) is 30.5. The number of carbonyl (C=O) groups excluding carboxylic acids is 2. The predicted octanol–water partition coefficient (Wildman–Crippen LogP) is 5.94. The third-order valence-corrected chi connectivity index (χ3v) is 16.4. The van der Waals surface area contributed by atoms with Crippen LogP contribution < -0.4 is 20.3 Å². The second-order valence-electron chi connectivity index (χ2n) is 20.2. The van der Waals surface area contributed by atoms with Crippen molar-refractivity contribution >= 4 is 64.9 Å². The third kappa shape index (κ3) is 15.7. The molecule has 2 amide bonds. The van der Waals surface area contributed by atoms with Gasteiger partial charge >= 0.3 is 0 Å². The smallest absolute Gasteiger partial charge is 0.294 e. The first-order chi connectivity index (χ1) is 38.3. The van der Waals surface area contributed by atoms with Crippen LogP contribution in [-0.2, 0) is 66.7 Å². The molecule has 4 heterocycles. The van der Waals surface area contributed by atoms with Crippen molar-refractivity contribution in [2.45, 2.75) is 80.4 Å². The molecule has 81 heavy (non-hydrogen) atoms. The average Bonchev–Trinajstić information content (AvgIpc) is 4.19. The average molecular weight is 1170 g/mol. The number of hydrogen-bond acceptors (Lipinski definition) is 16. The molecule has 0 unspecified atom stereocenters. The maximum atomic E-state index is 13.1. The summed E-state index contributed by atoms with van der Waals surface area (Å²) in [6, 6.07) is 16.0. The summed E-state index contributed by atoms with van der Waals surface area (Å²) in [5.74, 6) is -0.343. The van der Waals surface area contributed by atoms with Gasteiger partial charge in [0.1, 0.15) is 18.0 Å². The van der Waals surface area contributed by atoms with Crippen molar-refractivity contribution in [1.29, 1.82) is 0 Å². The van der Waals surface area contributed by atoms with Crippen molar-refractivity contribution in [3.63, 3.8) is 0 Å². The highest BCUT2D eigenvalue weighted by molar-refractivity contribution is 7.86. The zero-order valence-electron chi connectivity index (χ0n) is 45.6. The van der Waals surface area contributed by atoms with E-state index in [4.69, 9.17) is 14.2 Å². The Morgan fingerprint density at radius 2 is 1.38 bits per heavy atom. The molecule has 0 spiro atoms. The molecule has 2 aliphatic heterocycles. The van der Waals surface area contributed by atoms with Gasteiger partial charge in [-0.05, 0) is 86.5 Å². The largest absolute Gasteiger partial charge is 0.748 e. The molecule has 0 bridgehead atoms. The van der Waals surface area contributed by atoms with E-state index in [1.807, 2.05) is 73.6 Å². The number of imidazole rings is 1. The lowest BCUT2D eigenvalue weighted by Gasteiger charge is -2.27. The minimum Gasteiger partial charge on any atom is -0.748 e. The molecule has 25 heteroatoms. The second kappa shape index (κ2) is 26.2. The molecule has 0 fully saturated rings. The van der Waals surface area contributed by atoms with Crippen LogP contribution in [0.15, 0.2) is 131 Å². The van der Waals surface area contributed by atoms with Gasteiger partial charge in [0.15, 0.2) is 11.4 Å². The summed E-state index contributed by atoms with van der Waals surface area (Å²) in [6.07, 6.45) is 16.8. The van der Waals surface area contributed by atoms with Gasteiger partial charge in [0.25, 0.3) is 20.2 Å². The summed E-state index contributed by atoms with van der Waals surface area (Å²) < 4.78 is 122. The van der Waals surface area contributed by atoms with Gasteiger partial charge in [-0.1, -0.05) is 44.2 Å². The van der Waals surface area contributed by atoms with Gasteiger partial charge in [-0.15, -0.1) is 0 Å². The number of aromatic nitrogens is 3. The summed E-state index contributed by atoms with van der Waals surface area (Å²) in [4.78, 5) is 36.0. The van der Waals surface area contributed by atoms with Gasteiger partial charge in [0.05, 0.1) is 70.8 Å². The number of ether oxygens (including phenoxy) is 3. The first-order valence-electron chi connectivity index (χ1n) is 26.0. The van der Waals surface area contributed by atoms with Crippen molar-refractivity contribution < 1.29 is 72.4 Å². The number of carbonyl (C=O) groups is 2. The van der Waals surface area contributed by atoms with Crippen LogP contribution in [0.4, 0.5) is 11.4 Å². The highest BCUT2D eigenvalue weighted by Crippen LogP contribution is 2.48. The zero-order valence-corrected chi connectivity index (χ0v) is 48.0. The lowest BCUT2D eigenvalue weighted by atomic mass is 9.81. The van der Waals surface area contributed by atoms with Crippen LogP contribution in [0.2, 0.25) is 0 Å². The summed E-state index contributed by atoms with van der Waals surface area (Å²) in [7, 11) is -11.8. The van der Waals surface area contributed by atoms with Crippen LogP contribution in [0.3, 0.4) is 0 Å². The van der Waals surface area contributed by atoms with Crippen LogP contribution in [0.5, 0.6) is 11.6 Å². The Kier molecular flexibility index (Phi) is 19.9. The Labute approximate surface area is 471 Å². The fraction of sp³-hybridized carbons (Fsp3) is 0.375. The number of anilines is 1. The van der Waals surface area contributed by atoms with Crippen LogP contribution in [-0.4, -0.2) is 146 Å². The number of aromatic hydroxyl groups is 1. The van der Waals surface area contributed by atoms with Crippen molar-refractivity contribution in [3.05, 3.63) is 138 Å². The molecule has 22 nitrogen and oxygen atoms in total. The SMILES string of the molecule is COc1ccc(-c2cn3c(O)c(CCC(=O)NCCOCCOCCNC(=O)CCN4/C(=C/C=C/C=C/C=C/C5=[N+](CCCCS(=O)(=O)[O-])c6ccc(S(=O)(=O)O)cc6C5(C)C)C(C)(C)c5cc(S(=O)(=O)O)ccc54)nc3cn2)cc1. The number of aryl methyl sites for hydroxylation is 1. The van der Waals surface area contributed by atoms with Crippen LogP contribution in [0, 0.1) is 0 Å². The highest BCUT2D eigenvalue weighted by Gasteiger charge is 2.45. The molecule has 5 N–H and O–H groups in total. The molecular formula is C56H67N7O15S3. The number of nitrogens with one attached hydrogen (secondary N) is 2. The summed E-state index contributed by atoms with van der Waals surface area (Å²) >= 11 is 0. The van der Waals surface area contributed by atoms with Gasteiger partial charge in [-0.25, -0.2) is 13.4 Å². The number of allylic oxidation sites excluding steroid dienone is 8. The van der Waals surface area contributed by atoms with Gasteiger partial charge in [-0.3, -0.25) is 28.1 Å². The van der Waals surface area contributed by atoms with E-state index < -0.39 is 46.9 Å². The molecule has 434 valence electrons. The second-order valence-corrected chi connectivity index (χ2v) is 24.5. The van der Waals surface area contributed by atoms with E-state index >= 15 is 0 Å². The summed E-state index contributed by atoms with van der Waals surface area (Å²) in [5.41, 5.74) is 4.95. The molecule has 5 aromatic rings. The van der Waals surface area contributed by atoms with Crippen LogP contribution >= 0.6 is 0 Å². The lowest BCUT2D eigenvalue weighted by Crippen LogP contribution is -2.33. The van der Waals surface area contributed by atoms with Crippen molar-refractivity contribution in [1.82, 2.24) is 25.0 Å². The van der Waals surface area contributed by atoms with Crippen molar-refractivity contribution in [2.75, 3.05) is 70.4 Å². The third-order valence-electron chi connectivity index (χ3n) is 13.9. The van der Waals surface area contributed by atoms with E-state index in [1.165, 1.54) is 28.7 Å². The normalized spacial score (nSPS) is 15.7. The number of benzene rings is 3. The molecule has 2 aromatic heterocycles. The van der Waals surface area contributed by atoms with E-state index in [9.17, 15) is 53.6 Å². The minimum absolute atomic E-state index is 0.0614. The number of nitrogens with zero attached hydrogens (tertiary/aromatic N) is 5. The fourth-order valence-corrected chi connectivity index (χ4v) is 11.3. The predicted molar refractivity (Wildman–Crippen MR) is 302 cm³/mol. The standard InChI is InChI=1S/C56H67N7O15S3/c1-55(2)43-35-41(80(70,71)72)19-22-47(43)61(28-11-12-34-79(67,68)69)49(55)13-9-7-6-8-10-14-50-56(3,4)44-36-42(81(73,74)75)20-23-48(44)62(50)29-25-53(65)58-27-31-78-33-32-77-30-26-57-52(64)24-21-45-54(66)63-38-46(59-37-51(63)60-45)39-15-17-40(76-5)18-16-39/h6-10,13-20,22-23,35-38H,11-12,21,24-34H2,1-5H3,(H5-,57,58,59,64,65,66,67,68,69,70,71,72,73,74,75). The van der Waals surface area contributed by atoms with Gasteiger partial charge in [-0.2, -0.15) is 21.4 Å². The monoisotopic (exact) mass is 1170 g/mol. The summed E-state index contributed by atoms with van der Waals surface area (Å²) in [5, 5.41) is 16.5. The van der Waals surface area contributed by atoms with E-state index in [1.54, 1.807) is 62.0 Å². The van der Waals surface area contributed by atoms with E-state index in [0.29, 0.717) is 58.3 Å². The fourth-order valence-electron chi connectivity index (χ4n) is 9.69. The summed E-state index contributed by atoms with van der Waals surface area (Å²) in [6.45, 7) is 9.66. The zero-order chi connectivity index (χ0) is 58.8. The van der Waals surface area contributed by atoms with Gasteiger partial charge in [0, 0.05) is 97.3 Å². The molecule has 2 aliphatic rings. The van der Waals surface area contributed by atoms with Crippen LogP contribution in [0.25, 0.3) is 16.9 Å². The Morgan fingerprint density at radius 3 is 2.02 bits per heavy atom. The topological polar surface area (TPSA) is 308 Å². The Bertz CT molecular complexity index is 3640. The Morgan fingerprint density at radius 1 is 0.765 bits per heavy atom. The van der Waals surface area contributed by atoms with E-state index in [0.717, 1.165) is 17.0 Å². The molecule has 0 radical (unpaired) electrons. The molecule has 7 rings (SSSR count).